The van der Waals surface area contributed by atoms with Gasteiger partial charge in [-0.3, -0.25) is 14.9 Å². The Labute approximate surface area is 151 Å². The molecule has 0 saturated heterocycles. The Kier molecular flexibility index (Phi) is 4.51. The predicted molar refractivity (Wildman–Crippen MR) is 91.7 cm³/mol. The summed E-state index contributed by atoms with van der Waals surface area (Å²) in [5.74, 6) is -0.553. The number of carbonyl (C=O) groups is 1. The fraction of sp³-hybridized carbons (Fsp3) is 0.143. The average Bonchev–Trinajstić information content (AvgIpc) is 2.97. The summed E-state index contributed by atoms with van der Waals surface area (Å²) in [7, 11) is 2.97. The van der Waals surface area contributed by atoms with Gasteiger partial charge < -0.3 is 0 Å². The van der Waals surface area contributed by atoms with Crippen molar-refractivity contribution in [1.29, 1.82) is 0 Å². The van der Waals surface area contributed by atoms with Crippen molar-refractivity contribution in [3.8, 4) is 11.1 Å². The van der Waals surface area contributed by atoms with E-state index in [4.69, 9.17) is 23.2 Å². The van der Waals surface area contributed by atoms with E-state index in [1.807, 2.05) is 0 Å². The van der Waals surface area contributed by atoms with Crippen LogP contribution < -0.4 is 10.9 Å². The Morgan fingerprint density at radius 3 is 2.52 bits per heavy atom. The Morgan fingerprint density at radius 1 is 1.16 bits per heavy atom. The van der Waals surface area contributed by atoms with Gasteiger partial charge in [-0.15, -0.1) is 0 Å². The third-order valence-electron chi connectivity index (χ3n) is 3.39. The SMILES string of the molecule is Cn1nnnc1NC(=O)c1nn(C)c(=O)c(-c2ccccc2Cl)c1Cl. The number of halogens is 2. The van der Waals surface area contributed by atoms with Crippen molar-refractivity contribution in [3.63, 3.8) is 0 Å². The van der Waals surface area contributed by atoms with E-state index < -0.39 is 11.5 Å². The zero-order valence-electron chi connectivity index (χ0n) is 13.1. The number of rotatable bonds is 3. The van der Waals surface area contributed by atoms with Crippen molar-refractivity contribution in [2.75, 3.05) is 5.32 Å². The van der Waals surface area contributed by atoms with E-state index in [1.165, 1.54) is 11.7 Å². The molecule has 0 aliphatic rings. The number of tetrazole rings is 1. The largest absolute Gasteiger partial charge is 0.288 e. The first-order valence-corrected chi connectivity index (χ1v) is 7.71. The molecule has 9 nitrogen and oxygen atoms in total. The van der Waals surface area contributed by atoms with E-state index in [2.05, 4.69) is 25.9 Å². The van der Waals surface area contributed by atoms with Crippen molar-refractivity contribution in [2.24, 2.45) is 14.1 Å². The number of hydrogen-bond acceptors (Lipinski definition) is 6. The fourth-order valence-electron chi connectivity index (χ4n) is 2.15. The van der Waals surface area contributed by atoms with Crippen LogP contribution in [0.15, 0.2) is 29.1 Å². The highest BCUT2D eigenvalue weighted by Crippen LogP contribution is 2.31. The Bertz CT molecular complexity index is 1030. The van der Waals surface area contributed by atoms with E-state index in [0.717, 1.165) is 4.68 Å². The van der Waals surface area contributed by atoms with Crippen LogP contribution in [0.2, 0.25) is 10.0 Å². The predicted octanol–water partition coefficient (Wildman–Crippen LogP) is 1.53. The molecule has 0 atom stereocenters. The fourth-order valence-corrected chi connectivity index (χ4v) is 2.69. The lowest BCUT2D eigenvalue weighted by Crippen LogP contribution is -2.27. The van der Waals surface area contributed by atoms with Gasteiger partial charge in [0, 0.05) is 24.7 Å². The molecular weight excluding hydrogens is 369 g/mol. The number of nitrogens with one attached hydrogen (secondary N) is 1. The maximum Gasteiger partial charge on any atom is 0.280 e. The third kappa shape index (κ3) is 3.11. The standard InChI is InChI=1S/C14H11Cl2N7O2/c1-22-13(25)9(7-5-3-4-6-8(7)15)10(16)11(19-22)12(24)17-14-18-20-21-23(14)2/h3-6H,1-2H3,(H,17,18,21,24). The normalized spacial score (nSPS) is 10.7. The third-order valence-corrected chi connectivity index (χ3v) is 4.09. The minimum atomic E-state index is -0.660. The first kappa shape index (κ1) is 17.1. The summed E-state index contributed by atoms with van der Waals surface area (Å²) in [5.41, 5.74) is -0.130. The first-order valence-electron chi connectivity index (χ1n) is 6.95. The van der Waals surface area contributed by atoms with Gasteiger partial charge in [-0.1, -0.05) is 46.5 Å². The Balaban J connectivity index is 2.13. The summed E-state index contributed by atoms with van der Waals surface area (Å²) in [5, 5.41) is 17.3. The lowest BCUT2D eigenvalue weighted by Gasteiger charge is -2.11. The molecule has 0 aliphatic carbocycles. The summed E-state index contributed by atoms with van der Waals surface area (Å²) in [6, 6.07) is 6.69. The van der Waals surface area contributed by atoms with Crippen LogP contribution in [0.3, 0.4) is 0 Å². The van der Waals surface area contributed by atoms with Crippen LogP contribution >= 0.6 is 23.2 Å². The van der Waals surface area contributed by atoms with Gasteiger partial charge in [0.1, 0.15) is 0 Å². The molecule has 1 aromatic carbocycles. The molecule has 128 valence electrons. The molecule has 3 aromatic rings. The Morgan fingerprint density at radius 2 is 1.88 bits per heavy atom. The van der Waals surface area contributed by atoms with Gasteiger partial charge in [-0.25, -0.2) is 9.36 Å². The lowest BCUT2D eigenvalue weighted by atomic mass is 10.1. The zero-order chi connectivity index (χ0) is 18.1. The number of benzene rings is 1. The molecule has 0 saturated carbocycles. The van der Waals surface area contributed by atoms with E-state index in [-0.39, 0.29) is 22.2 Å². The topological polar surface area (TPSA) is 108 Å². The van der Waals surface area contributed by atoms with Gasteiger partial charge >= 0.3 is 0 Å². The molecule has 0 spiro atoms. The highest BCUT2D eigenvalue weighted by atomic mass is 35.5. The van der Waals surface area contributed by atoms with Crippen LogP contribution in [0.1, 0.15) is 10.5 Å². The van der Waals surface area contributed by atoms with Gasteiger partial charge in [0.2, 0.25) is 5.95 Å². The van der Waals surface area contributed by atoms with Crippen molar-refractivity contribution >= 4 is 35.1 Å². The number of amides is 1. The zero-order valence-corrected chi connectivity index (χ0v) is 14.6. The quantitative estimate of drug-likeness (QED) is 0.739. The number of nitrogens with zero attached hydrogens (tertiary/aromatic N) is 6. The number of aryl methyl sites for hydroxylation is 2. The molecule has 0 aliphatic heterocycles. The molecule has 2 aromatic heterocycles. The van der Waals surface area contributed by atoms with E-state index in [1.54, 1.807) is 31.3 Å². The minimum Gasteiger partial charge on any atom is -0.288 e. The highest BCUT2D eigenvalue weighted by molar-refractivity contribution is 6.38. The van der Waals surface area contributed by atoms with Gasteiger partial charge in [0.15, 0.2) is 5.69 Å². The smallest absolute Gasteiger partial charge is 0.280 e. The molecule has 0 radical (unpaired) electrons. The van der Waals surface area contributed by atoms with Gasteiger partial charge in [-0.2, -0.15) is 5.10 Å². The van der Waals surface area contributed by atoms with Crippen LogP contribution in [0.4, 0.5) is 5.95 Å². The number of carbonyl (C=O) groups excluding carboxylic acids is 1. The summed E-state index contributed by atoms with van der Waals surface area (Å²) >= 11 is 12.5. The molecule has 0 fully saturated rings. The molecule has 25 heavy (non-hydrogen) atoms. The van der Waals surface area contributed by atoms with Crippen LogP contribution in [0, 0.1) is 0 Å². The molecule has 3 rings (SSSR count). The first-order chi connectivity index (χ1) is 11.9. The summed E-state index contributed by atoms with van der Waals surface area (Å²) in [6.45, 7) is 0. The maximum absolute atomic E-state index is 12.5. The molecule has 0 bridgehead atoms. The lowest BCUT2D eigenvalue weighted by molar-refractivity contribution is 0.101. The van der Waals surface area contributed by atoms with Gasteiger partial charge in [0.05, 0.1) is 10.6 Å². The molecule has 1 amide bonds. The second kappa shape index (κ2) is 6.61. The van der Waals surface area contributed by atoms with Gasteiger partial charge in [-0.05, 0) is 16.5 Å². The van der Waals surface area contributed by atoms with Crippen molar-refractivity contribution in [2.45, 2.75) is 0 Å². The second-order valence-corrected chi connectivity index (χ2v) is 5.81. The van der Waals surface area contributed by atoms with Crippen molar-refractivity contribution < 1.29 is 4.79 Å². The molecule has 2 heterocycles. The average molecular weight is 380 g/mol. The molecule has 0 unspecified atom stereocenters. The number of hydrogen-bond donors (Lipinski definition) is 1. The number of aromatic nitrogens is 6. The van der Waals surface area contributed by atoms with Crippen LogP contribution in [0.5, 0.6) is 0 Å². The van der Waals surface area contributed by atoms with Crippen molar-refractivity contribution in [1.82, 2.24) is 30.0 Å². The van der Waals surface area contributed by atoms with E-state index >= 15 is 0 Å². The highest BCUT2D eigenvalue weighted by Gasteiger charge is 2.23. The summed E-state index contributed by atoms with van der Waals surface area (Å²) in [6.07, 6.45) is 0. The number of anilines is 1. The second-order valence-electron chi connectivity index (χ2n) is 5.03. The monoisotopic (exact) mass is 379 g/mol. The summed E-state index contributed by atoms with van der Waals surface area (Å²) < 4.78 is 2.29. The van der Waals surface area contributed by atoms with Crippen LogP contribution in [0.25, 0.3) is 11.1 Å². The van der Waals surface area contributed by atoms with Crippen LogP contribution in [-0.4, -0.2) is 35.9 Å². The molecule has 1 N–H and O–H groups in total. The molecule has 11 heteroatoms. The minimum absolute atomic E-state index is 0.0889. The van der Waals surface area contributed by atoms with Crippen LogP contribution in [-0.2, 0) is 14.1 Å². The maximum atomic E-state index is 12.5. The van der Waals surface area contributed by atoms with E-state index in [9.17, 15) is 9.59 Å². The Hall–Kier alpha value is -2.78. The van der Waals surface area contributed by atoms with E-state index in [0.29, 0.717) is 10.6 Å². The van der Waals surface area contributed by atoms with Gasteiger partial charge in [0.25, 0.3) is 11.5 Å². The summed E-state index contributed by atoms with van der Waals surface area (Å²) in [4.78, 5) is 25.0. The molecular formula is C14H11Cl2N7O2. The van der Waals surface area contributed by atoms with Crippen molar-refractivity contribution in [3.05, 3.63) is 50.4 Å².